The fourth-order valence-corrected chi connectivity index (χ4v) is 6.74. The van der Waals surface area contributed by atoms with Crippen LogP contribution in [0.4, 0.5) is 0 Å². The quantitative estimate of drug-likeness (QED) is 0.730. The zero-order chi connectivity index (χ0) is 18.0. The molecule has 0 radical (unpaired) electrons. The number of hydrogen-bond donors (Lipinski definition) is 0. The van der Waals surface area contributed by atoms with E-state index in [9.17, 15) is 8.42 Å². The van der Waals surface area contributed by atoms with Crippen LogP contribution < -0.4 is 0 Å². The van der Waals surface area contributed by atoms with Gasteiger partial charge in [0.15, 0.2) is 0 Å². The molecule has 3 rings (SSSR count). The van der Waals surface area contributed by atoms with E-state index >= 15 is 0 Å². The maximum atomic E-state index is 13.0. The lowest BCUT2D eigenvalue weighted by molar-refractivity contribution is 0.239. The predicted molar refractivity (Wildman–Crippen MR) is 104 cm³/mol. The molecule has 0 spiro atoms. The monoisotopic (exact) mass is 398 g/mol. The van der Waals surface area contributed by atoms with Crippen LogP contribution in [-0.4, -0.2) is 43.3 Å². The van der Waals surface area contributed by atoms with Crippen LogP contribution in [0.1, 0.15) is 31.9 Å². The molecule has 2 unspecified atom stereocenters. The van der Waals surface area contributed by atoms with Gasteiger partial charge in [-0.2, -0.15) is 4.31 Å². The number of hydrogen-bond acceptors (Lipinski definition) is 4. The summed E-state index contributed by atoms with van der Waals surface area (Å²) in [6, 6.07) is 13.9. The molecule has 136 valence electrons. The van der Waals surface area contributed by atoms with Gasteiger partial charge in [0, 0.05) is 31.7 Å². The highest BCUT2D eigenvalue weighted by atomic mass is 35.5. The van der Waals surface area contributed by atoms with Crippen LogP contribution in [-0.2, 0) is 10.0 Å². The summed E-state index contributed by atoms with van der Waals surface area (Å²) in [6.45, 7) is 6.20. The summed E-state index contributed by atoms with van der Waals surface area (Å²) in [7, 11) is -3.49. The van der Waals surface area contributed by atoms with E-state index in [1.165, 1.54) is 5.56 Å². The maximum absolute atomic E-state index is 13.0. The fourth-order valence-electron chi connectivity index (χ4n) is 3.47. The Balaban J connectivity index is 1.75. The summed E-state index contributed by atoms with van der Waals surface area (Å²) in [5.74, 6) is 0. The normalized spacial score (nSPS) is 20.2. The predicted octanol–water partition coefficient (Wildman–Crippen LogP) is 4.25. The summed E-state index contributed by atoms with van der Waals surface area (Å²) in [6.07, 6.45) is 0.851. The third-order valence-corrected chi connectivity index (χ3v) is 8.58. The third kappa shape index (κ3) is 3.93. The van der Waals surface area contributed by atoms with Crippen molar-refractivity contribution in [2.45, 2.75) is 36.6 Å². The molecule has 1 aliphatic rings. The largest absolute Gasteiger partial charge is 0.295 e. The lowest BCUT2D eigenvalue weighted by atomic mass is 10.1. The molecule has 0 saturated carbocycles. The van der Waals surface area contributed by atoms with E-state index in [-0.39, 0.29) is 12.1 Å². The first kappa shape index (κ1) is 18.9. The van der Waals surface area contributed by atoms with Gasteiger partial charge in [-0.3, -0.25) is 4.90 Å². The van der Waals surface area contributed by atoms with E-state index in [1.54, 1.807) is 16.4 Å². The van der Waals surface area contributed by atoms with Gasteiger partial charge >= 0.3 is 0 Å². The minimum Gasteiger partial charge on any atom is -0.295 e. The van der Waals surface area contributed by atoms with Gasteiger partial charge in [-0.25, -0.2) is 8.42 Å². The average molecular weight is 399 g/mol. The molecule has 1 saturated heterocycles. The van der Waals surface area contributed by atoms with E-state index in [4.69, 9.17) is 11.6 Å². The second kappa shape index (κ2) is 7.76. The molecular formula is C18H23ClN2O2S2. The van der Waals surface area contributed by atoms with E-state index in [0.717, 1.165) is 30.8 Å². The van der Waals surface area contributed by atoms with Crippen molar-refractivity contribution >= 4 is 33.0 Å². The van der Waals surface area contributed by atoms with E-state index in [0.29, 0.717) is 15.1 Å². The molecule has 1 aromatic heterocycles. The molecule has 2 heterocycles. The lowest BCUT2D eigenvalue weighted by Gasteiger charge is -2.28. The van der Waals surface area contributed by atoms with Crippen LogP contribution in [0.25, 0.3) is 0 Å². The lowest BCUT2D eigenvalue weighted by Crippen LogP contribution is -2.41. The minimum absolute atomic E-state index is 0.00189. The fraction of sp³-hybridized carbons (Fsp3) is 0.444. The SMILES string of the molecule is CCN(C1CCN(C(C)c2ccccc2)C1)S(=O)(=O)c1ccc(Cl)s1. The molecule has 2 atom stereocenters. The molecule has 0 bridgehead atoms. The Morgan fingerprint density at radius 3 is 2.60 bits per heavy atom. The summed E-state index contributed by atoms with van der Waals surface area (Å²) >= 11 is 7.06. The highest BCUT2D eigenvalue weighted by Crippen LogP contribution is 2.32. The molecule has 7 heteroatoms. The van der Waals surface area contributed by atoms with Gasteiger partial charge < -0.3 is 0 Å². The second-order valence-corrected chi connectivity index (χ2v) is 10.1. The van der Waals surface area contributed by atoms with Gasteiger partial charge in [-0.15, -0.1) is 11.3 Å². The molecule has 0 N–H and O–H groups in total. The molecule has 0 amide bonds. The summed E-state index contributed by atoms with van der Waals surface area (Å²) in [5, 5.41) is 0. The first-order valence-electron chi connectivity index (χ1n) is 8.49. The number of sulfonamides is 1. The Labute approximate surface area is 159 Å². The third-order valence-electron chi connectivity index (χ3n) is 4.85. The van der Waals surface area contributed by atoms with Crippen LogP contribution in [0.3, 0.4) is 0 Å². The molecule has 1 aliphatic heterocycles. The van der Waals surface area contributed by atoms with Gasteiger partial charge in [0.1, 0.15) is 4.21 Å². The number of rotatable bonds is 6. The summed E-state index contributed by atoms with van der Waals surface area (Å²) in [4.78, 5) is 2.36. The van der Waals surface area contributed by atoms with Crippen LogP contribution >= 0.6 is 22.9 Å². The number of likely N-dealkylation sites (N-methyl/N-ethyl adjacent to an activating group) is 1. The van der Waals surface area contributed by atoms with Crippen molar-refractivity contribution < 1.29 is 8.42 Å². The molecule has 1 aromatic carbocycles. The van der Waals surface area contributed by atoms with Crippen LogP contribution in [0.15, 0.2) is 46.7 Å². The first-order chi connectivity index (χ1) is 11.9. The Hall–Kier alpha value is -0.920. The standard InChI is InChI=1S/C18H23ClN2O2S2/c1-3-21(25(22,23)18-10-9-17(19)24-18)16-11-12-20(13-16)14(2)15-7-5-4-6-8-15/h4-10,14,16H,3,11-13H2,1-2H3. The molecular weight excluding hydrogens is 376 g/mol. The van der Waals surface area contributed by atoms with Gasteiger partial charge in [-0.05, 0) is 31.0 Å². The average Bonchev–Trinajstić information content (AvgIpc) is 3.25. The highest BCUT2D eigenvalue weighted by Gasteiger charge is 2.36. The number of halogens is 1. The van der Waals surface area contributed by atoms with Gasteiger partial charge in [0.2, 0.25) is 0 Å². The Morgan fingerprint density at radius 1 is 1.28 bits per heavy atom. The maximum Gasteiger partial charge on any atom is 0.252 e. The zero-order valence-corrected chi connectivity index (χ0v) is 16.8. The van der Waals surface area contributed by atoms with Crippen molar-refractivity contribution in [1.29, 1.82) is 0 Å². The van der Waals surface area contributed by atoms with Crippen molar-refractivity contribution in [3.63, 3.8) is 0 Å². The van der Waals surface area contributed by atoms with Crippen LogP contribution in [0.5, 0.6) is 0 Å². The Bertz CT molecular complexity index is 807. The Morgan fingerprint density at radius 2 is 2.00 bits per heavy atom. The van der Waals surface area contributed by atoms with Crippen molar-refractivity contribution in [2.75, 3.05) is 19.6 Å². The molecule has 2 aromatic rings. The summed E-state index contributed by atoms with van der Waals surface area (Å²) < 4.78 is 28.4. The van der Waals surface area contributed by atoms with Crippen molar-refractivity contribution in [3.05, 3.63) is 52.4 Å². The topological polar surface area (TPSA) is 40.6 Å². The van der Waals surface area contributed by atoms with Gasteiger partial charge in [0.05, 0.1) is 4.34 Å². The number of benzene rings is 1. The Kier molecular flexibility index (Phi) is 5.85. The van der Waals surface area contributed by atoms with Crippen LogP contribution in [0.2, 0.25) is 4.34 Å². The zero-order valence-electron chi connectivity index (χ0n) is 14.4. The minimum atomic E-state index is -3.49. The number of nitrogens with zero attached hydrogens (tertiary/aromatic N) is 2. The van der Waals surface area contributed by atoms with Gasteiger partial charge in [-0.1, -0.05) is 48.9 Å². The van der Waals surface area contributed by atoms with Crippen molar-refractivity contribution in [2.24, 2.45) is 0 Å². The summed E-state index contributed by atoms with van der Waals surface area (Å²) in [5.41, 5.74) is 1.26. The molecule has 25 heavy (non-hydrogen) atoms. The molecule has 4 nitrogen and oxygen atoms in total. The molecule has 0 aliphatic carbocycles. The molecule has 1 fully saturated rings. The smallest absolute Gasteiger partial charge is 0.252 e. The second-order valence-electron chi connectivity index (χ2n) is 6.29. The van der Waals surface area contributed by atoms with E-state index in [1.807, 2.05) is 25.1 Å². The number of likely N-dealkylation sites (tertiary alicyclic amines) is 1. The van der Waals surface area contributed by atoms with E-state index in [2.05, 4.69) is 24.0 Å². The van der Waals surface area contributed by atoms with E-state index < -0.39 is 10.0 Å². The van der Waals surface area contributed by atoms with Gasteiger partial charge in [0.25, 0.3) is 10.0 Å². The van der Waals surface area contributed by atoms with Crippen molar-refractivity contribution in [1.82, 2.24) is 9.21 Å². The van der Waals surface area contributed by atoms with Crippen molar-refractivity contribution in [3.8, 4) is 0 Å². The highest BCUT2D eigenvalue weighted by molar-refractivity contribution is 7.91. The first-order valence-corrected chi connectivity index (χ1v) is 11.1. The number of thiophene rings is 1. The van der Waals surface area contributed by atoms with Crippen LogP contribution in [0, 0.1) is 0 Å².